The lowest BCUT2D eigenvalue weighted by atomic mass is 9.86. The molecule has 1 aliphatic carbocycles. The van der Waals surface area contributed by atoms with Crippen molar-refractivity contribution in [3.05, 3.63) is 84.3 Å². The second-order valence-electron chi connectivity index (χ2n) is 8.41. The predicted molar refractivity (Wildman–Crippen MR) is 125 cm³/mol. The van der Waals surface area contributed by atoms with Crippen molar-refractivity contribution in [3.8, 4) is 0 Å². The van der Waals surface area contributed by atoms with Crippen LogP contribution in [0.2, 0.25) is 0 Å². The number of nitrogens with one attached hydrogen (secondary N) is 2. The van der Waals surface area contributed by atoms with Crippen molar-refractivity contribution >= 4 is 28.4 Å². The molecule has 2 N–H and O–H groups in total. The summed E-state index contributed by atoms with van der Waals surface area (Å²) in [5, 5.41) is 8.08. The van der Waals surface area contributed by atoms with Crippen molar-refractivity contribution in [2.45, 2.75) is 38.3 Å². The van der Waals surface area contributed by atoms with Crippen LogP contribution in [-0.4, -0.2) is 37.4 Å². The molecule has 2 heterocycles. The molecule has 0 unspecified atom stereocenters. The van der Waals surface area contributed by atoms with Crippen molar-refractivity contribution in [1.82, 2.24) is 24.8 Å². The van der Waals surface area contributed by atoms with Crippen LogP contribution < -0.4 is 10.6 Å². The highest BCUT2D eigenvalue weighted by atomic mass is 16.2. The lowest BCUT2D eigenvalue weighted by Gasteiger charge is -2.36. The molecule has 5 rings (SSSR count). The summed E-state index contributed by atoms with van der Waals surface area (Å²) < 4.78 is 1.99. The first kappa shape index (κ1) is 20.8. The molecule has 33 heavy (non-hydrogen) atoms. The van der Waals surface area contributed by atoms with E-state index in [4.69, 9.17) is 0 Å². The van der Waals surface area contributed by atoms with Gasteiger partial charge in [0.1, 0.15) is 5.69 Å². The zero-order chi connectivity index (χ0) is 22.8. The van der Waals surface area contributed by atoms with Crippen LogP contribution in [0.4, 0.5) is 5.82 Å². The van der Waals surface area contributed by atoms with E-state index in [0.29, 0.717) is 11.5 Å². The minimum atomic E-state index is -0.210. The van der Waals surface area contributed by atoms with Crippen molar-refractivity contribution < 1.29 is 9.59 Å². The average molecular weight is 441 g/mol. The maximum absolute atomic E-state index is 12.6. The van der Waals surface area contributed by atoms with Gasteiger partial charge in [0.25, 0.3) is 5.91 Å². The van der Waals surface area contributed by atoms with Crippen LogP contribution in [0.3, 0.4) is 0 Å². The Morgan fingerprint density at radius 1 is 1.03 bits per heavy atom. The number of carbonyl (C=O) groups excluding carboxylic acids is 2. The van der Waals surface area contributed by atoms with E-state index < -0.39 is 0 Å². The molecule has 0 radical (unpaired) electrons. The van der Waals surface area contributed by atoms with Crippen LogP contribution in [-0.2, 0) is 11.2 Å². The third-order valence-corrected chi connectivity index (χ3v) is 5.98. The maximum Gasteiger partial charge on any atom is 0.271 e. The number of imidazole rings is 1. The third-order valence-electron chi connectivity index (χ3n) is 5.98. The molecule has 0 atom stereocenters. The molecule has 0 spiro atoms. The Morgan fingerprint density at radius 2 is 1.85 bits per heavy atom. The van der Waals surface area contributed by atoms with Gasteiger partial charge in [0.2, 0.25) is 5.91 Å². The topological polar surface area (TPSA) is 102 Å². The molecule has 8 nitrogen and oxygen atoms in total. The summed E-state index contributed by atoms with van der Waals surface area (Å²) in [6.07, 6.45) is 8.52. The molecular weight excluding hydrogens is 416 g/mol. The second kappa shape index (κ2) is 8.82. The summed E-state index contributed by atoms with van der Waals surface area (Å²) in [5.41, 5.74) is 2.08. The highest BCUT2D eigenvalue weighted by Crippen LogP contribution is 2.33. The van der Waals surface area contributed by atoms with Crippen molar-refractivity contribution in [1.29, 1.82) is 0 Å². The van der Waals surface area contributed by atoms with Gasteiger partial charge in [-0.3, -0.25) is 14.6 Å². The molecule has 1 fully saturated rings. The summed E-state index contributed by atoms with van der Waals surface area (Å²) in [7, 11) is 0. The monoisotopic (exact) mass is 440 g/mol. The number of anilines is 1. The summed E-state index contributed by atoms with van der Waals surface area (Å²) >= 11 is 0. The van der Waals surface area contributed by atoms with Crippen LogP contribution in [0.15, 0.2) is 67.4 Å². The minimum absolute atomic E-state index is 0.0809. The van der Waals surface area contributed by atoms with Gasteiger partial charge in [-0.05, 0) is 36.1 Å². The standard InChI is InChI=1S/C25H24N6O2/c1-16-12-27-22(13-26-16)25(33)29-19-10-20(11-19)31-14-23(28-15-31)30-24(32)9-18-7-4-6-17-5-2-3-8-21(17)18/h2-8,12-15,19-20H,9-11H2,1H3,(H,29,33)(H,30,32). The molecule has 1 saturated carbocycles. The molecule has 0 aliphatic heterocycles. The Balaban J connectivity index is 1.14. The fourth-order valence-electron chi connectivity index (χ4n) is 4.13. The first-order chi connectivity index (χ1) is 16.0. The highest BCUT2D eigenvalue weighted by molar-refractivity contribution is 5.95. The maximum atomic E-state index is 12.6. The average Bonchev–Trinajstić information content (AvgIpc) is 3.24. The van der Waals surface area contributed by atoms with E-state index in [-0.39, 0.29) is 30.3 Å². The summed E-state index contributed by atoms with van der Waals surface area (Å²) in [5.74, 6) is 0.218. The Kier molecular flexibility index (Phi) is 5.56. The van der Waals surface area contributed by atoms with E-state index in [1.165, 1.54) is 6.20 Å². The van der Waals surface area contributed by atoms with Crippen molar-refractivity contribution in [2.24, 2.45) is 0 Å². The molecule has 2 aromatic heterocycles. The van der Waals surface area contributed by atoms with Crippen molar-refractivity contribution in [2.75, 3.05) is 5.32 Å². The first-order valence-corrected chi connectivity index (χ1v) is 10.9. The highest BCUT2D eigenvalue weighted by Gasteiger charge is 2.32. The quantitative estimate of drug-likeness (QED) is 0.478. The fourth-order valence-corrected chi connectivity index (χ4v) is 4.13. The van der Waals surface area contributed by atoms with E-state index in [9.17, 15) is 9.59 Å². The molecule has 8 heteroatoms. The summed E-state index contributed by atoms with van der Waals surface area (Å²) in [4.78, 5) is 37.4. The lowest BCUT2D eigenvalue weighted by Crippen LogP contribution is -2.45. The number of nitrogens with zero attached hydrogens (tertiary/aromatic N) is 4. The van der Waals surface area contributed by atoms with E-state index in [1.807, 2.05) is 60.2 Å². The number of rotatable bonds is 6. The van der Waals surface area contributed by atoms with Gasteiger partial charge in [-0.1, -0.05) is 42.5 Å². The number of amides is 2. The Morgan fingerprint density at radius 3 is 2.67 bits per heavy atom. The van der Waals surface area contributed by atoms with Crippen LogP contribution in [0.1, 0.15) is 40.6 Å². The fraction of sp³-hybridized carbons (Fsp3) is 0.240. The van der Waals surface area contributed by atoms with Gasteiger partial charge in [-0.25, -0.2) is 9.97 Å². The largest absolute Gasteiger partial charge is 0.348 e. The zero-order valence-electron chi connectivity index (χ0n) is 18.2. The number of hydrogen-bond acceptors (Lipinski definition) is 5. The van der Waals surface area contributed by atoms with E-state index >= 15 is 0 Å². The number of hydrogen-bond donors (Lipinski definition) is 2. The molecule has 4 aromatic rings. The van der Waals surface area contributed by atoms with Gasteiger partial charge in [-0.15, -0.1) is 0 Å². The number of aromatic nitrogens is 4. The van der Waals surface area contributed by atoms with Crippen LogP contribution in [0.25, 0.3) is 10.8 Å². The first-order valence-electron chi connectivity index (χ1n) is 10.9. The third kappa shape index (κ3) is 4.59. The van der Waals surface area contributed by atoms with E-state index in [0.717, 1.165) is 34.9 Å². The second-order valence-corrected chi connectivity index (χ2v) is 8.41. The molecule has 0 bridgehead atoms. The lowest BCUT2D eigenvalue weighted by molar-refractivity contribution is -0.115. The normalized spacial score (nSPS) is 17.4. The number of benzene rings is 2. The van der Waals surface area contributed by atoms with Crippen LogP contribution >= 0.6 is 0 Å². The summed E-state index contributed by atoms with van der Waals surface area (Å²) in [6.45, 7) is 1.83. The van der Waals surface area contributed by atoms with Gasteiger partial charge in [0.05, 0.1) is 24.6 Å². The van der Waals surface area contributed by atoms with Gasteiger partial charge in [0, 0.05) is 24.5 Å². The minimum Gasteiger partial charge on any atom is -0.348 e. The number of carbonyl (C=O) groups is 2. The predicted octanol–water partition coefficient (Wildman–Crippen LogP) is 3.45. The molecule has 1 aliphatic rings. The SMILES string of the molecule is Cc1cnc(C(=O)NC2CC(n3cnc(NC(=O)Cc4cccc5ccccc45)c3)C2)cn1. The molecular formula is C25H24N6O2. The van der Waals surface area contributed by atoms with E-state index in [1.54, 1.807) is 12.5 Å². The van der Waals surface area contributed by atoms with Crippen LogP contribution in [0, 0.1) is 6.92 Å². The van der Waals surface area contributed by atoms with Gasteiger partial charge < -0.3 is 15.2 Å². The number of fused-ring (bicyclic) bond motifs is 1. The van der Waals surface area contributed by atoms with Crippen LogP contribution in [0.5, 0.6) is 0 Å². The Bertz CT molecular complexity index is 1300. The van der Waals surface area contributed by atoms with Gasteiger partial charge in [0.15, 0.2) is 5.82 Å². The Labute approximate surface area is 191 Å². The molecule has 2 aromatic carbocycles. The zero-order valence-corrected chi connectivity index (χ0v) is 18.2. The molecule has 2 amide bonds. The van der Waals surface area contributed by atoms with Gasteiger partial charge in [-0.2, -0.15) is 0 Å². The molecule has 0 saturated heterocycles. The molecule has 166 valence electrons. The van der Waals surface area contributed by atoms with Crippen molar-refractivity contribution in [3.63, 3.8) is 0 Å². The van der Waals surface area contributed by atoms with E-state index in [2.05, 4.69) is 25.6 Å². The smallest absolute Gasteiger partial charge is 0.271 e. The number of aryl methyl sites for hydroxylation is 1. The summed E-state index contributed by atoms with van der Waals surface area (Å²) in [6, 6.07) is 14.3. The Hall–Kier alpha value is -4.07. The van der Waals surface area contributed by atoms with Gasteiger partial charge >= 0.3 is 0 Å².